The molecule has 0 fully saturated rings. The van der Waals surface area contributed by atoms with Crippen molar-refractivity contribution in [1.29, 1.82) is 0 Å². The molecule has 0 radical (unpaired) electrons. The van der Waals surface area contributed by atoms with Gasteiger partial charge in [0.25, 0.3) is 0 Å². The summed E-state index contributed by atoms with van der Waals surface area (Å²) in [5.41, 5.74) is 7.13. The molecule has 8 heteroatoms. The Kier molecular flexibility index (Phi) is 5.90. The van der Waals surface area contributed by atoms with Crippen LogP contribution in [0.5, 0.6) is 0 Å². The predicted octanol–water partition coefficient (Wildman–Crippen LogP) is -0.327. The van der Waals surface area contributed by atoms with Crippen molar-refractivity contribution in [3.63, 3.8) is 0 Å². The van der Waals surface area contributed by atoms with E-state index >= 15 is 0 Å². The van der Waals surface area contributed by atoms with E-state index in [1.54, 1.807) is 5.38 Å². The number of nitrogens with zero attached hydrogens (tertiary/aromatic N) is 1. The van der Waals surface area contributed by atoms with Crippen LogP contribution in [-0.4, -0.2) is 16.9 Å². The largest absolute Gasteiger partial charge is 0.550 e. The van der Waals surface area contributed by atoms with E-state index in [9.17, 15) is 14.7 Å². The normalized spacial score (nSPS) is 13.7. The Balaban J connectivity index is 3.16. The minimum Gasteiger partial charge on any atom is -0.550 e. The van der Waals surface area contributed by atoms with Gasteiger partial charge in [-0.1, -0.05) is 19.8 Å². The maximum atomic E-state index is 12.2. The molecule has 1 amide bonds. The molecule has 1 atom stereocenters. The number of nitrogen functional groups attached to an aromatic ring is 1. The quantitative estimate of drug-likeness (QED) is 0.342. The third-order valence-corrected chi connectivity index (χ3v) is 3.96. The number of rotatable bonds is 8. The van der Waals surface area contributed by atoms with Gasteiger partial charge in [-0.3, -0.25) is 10.2 Å². The number of hydrogen-bond donors (Lipinski definition) is 3. The summed E-state index contributed by atoms with van der Waals surface area (Å²) in [4.78, 5) is 27.1. The second-order valence-electron chi connectivity index (χ2n) is 4.60. The minimum absolute atomic E-state index is 0.0849. The lowest BCUT2D eigenvalue weighted by Crippen LogP contribution is -2.48. The minimum atomic E-state index is -1.21. The molecule has 5 N–H and O–H groups in total. The second kappa shape index (κ2) is 7.20. The average Bonchev–Trinajstić information content (AvgIpc) is 2.85. The summed E-state index contributed by atoms with van der Waals surface area (Å²) in [5, 5.41) is 12.8. The van der Waals surface area contributed by atoms with Crippen LogP contribution >= 0.6 is 11.3 Å². The highest BCUT2D eigenvalue weighted by atomic mass is 32.1. The number of aromatic nitrogens is 1. The van der Waals surface area contributed by atoms with Crippen LogP contribution in [0.2, 0.25) is 0 Å². The number of hydrogen-bond acceptors (Lipinski definition) is 7. The Bertz CT molecular complexity index is 477. The van der Waals surface area contributed by atoms with Crippen molar-refractivity contribution in [1.82, 2.24) is 10.4 Å². The zero-order valence-electron chi connectivity index (χ0n) is 11.3. The fraction of sp³-hybridized carbons (Fsp3) is 0.583. The van der Waals surface area contributed by atoms with Gasteiger partial charge in [-0.25, -0.2) is 10.8 Å². The van der Waals surface area contributed by atoms with E-state index in [0.29, 0.717) is 17.2 Å². The van der Waals surface area contributed by atoms with E-state index in [1.807, 2.05) is 6.92 Å². The molecule has 0 unspecified atom stereocenters. The zero-order valence-corrected chi connectivity index (χ0v) is 12.2. The maximum Gasteiger partial charge on any atom is 0.246 e. The second-order valence-corrected chi connectivity index (χ2v) is 5.49. The maximum absolute atomic E-state index is 12.2. The number of carboxylic acids is 1. The number of aliphatic carboxylic acids is 1. The van der Waals surface area contributed by atoms with Gasteiger partial charge in [0.15, 0.2) is 5.13 Å². The Hall–Kier alpha value is -1.67. The number of carbonyl (C=O) groups is 2. The molecule has 1 heterocycles. The topological polar surface area (TPSA) is 134 Å². The first-order chi connectivity index (χ1) is 9.46. The lowest BCUT2D eigenvalue weighted by molar-refractivity contribution is -0.306. The SMILES string of the molecule is CCCC[C@@](CCC(=O)[O-])(C(=O)NN)c1csc(N)n1. The molecule has 0 bridgehead atoms. The van der Waals surface area contributed by atoms with Crippen molar-refractivity contribution in [2.24, 2.45) is 5.84 Å². The van der Waals surface area contributed by atoms with Crippen molar-refractivity contribution in [2.45, 2.75) is 44.4 Å². The summed E-state index contributed by atoms with van der Waals surface area (Å²) in [7, 11) is 0. The van der Waals surface area contributed by atoms with Gasteiger partial charge in [0.1, 0.15) is 0 Å². The van der Waals surface area contributed by atoms with Crippen molar-refractivity contribution in [2.75, 3.05) is 5.73 Å². The predicted molar refractivity (Wildman–Crippen MR) is 74.3 cm³/mol. The van der Waals surface area contributed by atoms with Crippen LogP contribution in [0.15, 0.2) is 5.38 Å². The number of carboxylic acid groups (broad SMARTS) is 1. The van der Waals surface area contributed by atoms with Crippen LogP contribution in [-0.2, 0) is 15.0 Å². The highest BCUT2D eigenvalue weighted by molar-refractivity contribution is 7.13. The third kappa shape index (κ3) is 3.67. The van der Waals surface area contributed by atoms with E-state index in [2.05, 4.69) is 10.4 Å². The molecular weight excluding hydrogens is 280 g/mol. The van der Waals surface area contributed by atoms with Crippen LogP contribution in [0, 0.1) is 0 Å². The third-order valence-electron chi connectivity index (χ3n) is 3.29. The summed E-state index contributed by atoms with van der Waals surface area (Å²) < 4.78 is 0. The molecule has 0 saturated heterocycles. The Morgan fingerprint density at radius 1 is 1.50 bits per heavy atom. The zero-order chi connectivity index (χ0) is 15.2. The van der Waals surface area contributed by atoms with Gasteiger partial charge in [0.05, 0.1) is 11.1 Å². The molecule has 0 aromatic carbocycles. The first kappa shape index (κ1) is 16.4. The molecule has 20 heavy (non-hydrogen) atoms. The fourth-order valence-corrected chi connectivity index (χ4v) is 2.83. The van der Waals surface area contributed by atoms with Gasteiger partial charge in [-0.15, -0.1) is 11.3 Å². The molecule has 0 aliphatic carbocycles. The molecule has 112 valence electrons. The smallest absolute Gasteiger partial charge is 0.246 e. The summed E-state index contributed by atoms with van der Waals surface area (Å²) in [6, 6.07) is 0. The van der Waals surface area contributed by atoms with Gasteiger partial charge in [0.2, 0.25) is 5.91 Å². The molecule has 0 aliphatic rings. The van der Waals surface area contributed by atoms with Crippen LogP contribution in [0.25, 0.3) is 0 Å². The number of amides is 1. The van der Waals surface area contributed by atoms with E-state index in [-0.39, 0.29) is 12.8 Å². The standard InChI is InChI=1S/C12H20N4O3S/c1-2-3-5-12(10(19)16-14,6-4-9(17)18)8-7-20-11(13)15-8/h7H,2-6,14H2,1H3,(H2,13,15)(H,16,19)(H,17,18)/p-1/t12-/m0/s1. The number of hydrazine groups is 1. The van der Waals surface area contributed by atoms with Gasteiger partial charge < -0.3 is 15.6 Å². The van der Waals surface area contributed by atoms with Crippen LogP contribution in [0.1, 0.15) is 44.7 Å². The molecular formula is C12H19N4O3S-. The average molecular weight is 299 g/mol. The Labute approximate surface area is 121 Å². The van der Waals surface area contributed by atoms with E-state index in [0.717, 1.165) is 12.8 Å². The van der Waals surface area contributed by atoms with E-state index in [1.165, 1.54) is 11.3 Å². The molecule has 1 aromatic heterocycles. The van der Waals surface area contributed by atoms with Crippen LogP contribution in [0.4, 0.5) is 5.13 Å². The van der Waals surface area contributed by atoms with E-state index < -0.39 is 17.3 Å². The van der Waals surface area contributed by atoms with Crippen molar-refractivity contribution in [3.8, 4) is 0 Å². The summed E-state index contributed by atoms with van der Waals surface area (Å²) in [6.45, 7) is 1.99. The first-order valence-corrected chi connectivity index (χ1v) is 7.26. The molecule has 0 aliphatic heterocycles. The van der Waals surface area contributed by atoms with Gasteiger partial charge in [-0.2, -0.15) is 0 Å². The van der Waals surface area contributed by atoms with Gasteiger partial charge in [0, 0.05) is 11.3 Å². The Morgan fingerprint density at radius 2 is 2.20 bits per heavy atom. The van der Waals surface area contributed by atoms with Gasteiger partial charge >= 0.3 is 0 Å². The van der Waals surface area contributed by atoms with Crippen molar-refractivity contribution >= 4 is 28.3 Å². The number of unbranched alkanes of at least 4 members (excludes halogenated alkanes) is 1. The number of nitrogens with two attached hydrogens (primary N) is 2. The lowest BCUT2D eigenvalue weighted by Gasteiger charge is -2.30. The lowest BCUT2D eigenvalue weighted by atomic mass is 9.75. The van der Waals surface area contributed by atoms with Crippen LogP contribution < -0.4 is 22.1 Å². The van der Waals surface area contributed by atoms with Crippen molar-refractivity contribution in [3.05, 3.63) is 11.1 Å². The number of nitrogens with one attached hydrogen (secondary N) is 1. The Morgan fingerprint density at radius 3 is 2.65 bits per heavy atom. The number of anilines is 1. The highest BCUT2D eigenvalue weighted by Gasteiger charge is 2.41. The molecule has 1 rings (SSSR count). The molecule has 7 nitrogen and oxygen atoms in total. The fourth-order valence-electron chi connectivity index (χ4n) is 2.16. The highest BCUT2D eigenvalue weighted by Crippen LogP contribution is 2.36. The van der Waals surface area contributed by atoms with Gasteiger partial charge in [-0.05, 0) is 19.3 Å². The molecule has 0 saturated carbocycles. The number of thiazole rings is 1. The molecule has 0 spiro atoms. The van der Waals surface area contributed by atoms with Crippen molar-refractivity contribution < 1.29 is 14.7 Å². The first-order valence-electron chi connectivity index (χ1n) is 6.38. The van der Waals surface area contributed by atoms with E-state index in [4.69, 9.17) is 11.6 Å². The monoisotopic (exact) mass is 299 g/mol. The molecule has 1 aromatic rings. The van der Waals surface area contributed by atoms with Crippen LogP contribution in [0.3, 0.4) is 0 Å². The summed E-state index contributed by atoms with van der Waals surface area (Å²) in [5.74, 6) is 3.61. The summed E-state index contributed by atoms with van der Waals surface area (Å²) >= 11 is 1.21. The summed E-state index contributed by atoms with van der Waals surface area (Å²) in [6.07, 6.45) is 1.92. The number of carbonyl (C=O) groups excluding carboxylic acids is 2.